The summed E-state index contributed by atoms with van der Waals surface area (Å²) in [6.45, 7) is 10.4. The number of piperidine rings is 1. The fourth-order valence-corrected chi connectivity index (χ4v) is 6.84. The number of aromatic amines is 2. The molecule has 0 radical (unpaired) electrons. The number of likely N-dealkylation sites (tertiary alicyclic amines) is 1. The third kappa shape index (κ3) is 4.61. The Hall–Kier alpha value is -3.64. The first-order chi connectivity index (χ1) is 19.1. The summed E-state index contributed by atoms with van der Waals surface area (Å²) >= 11 is 0. The first kappa shape index (κ1) is 24.4. The van der Waals surface area contributed by atoms with Gasteiger partial charge in [0.15, 0.2) is 5.65 Å². The number of H-pyrrole nitrogens is 2. The highest BCUT2D eigenvalue weighted by molar-refractivity contribution is 5.98. The lowest BCUT2D eigenvalue weighted by Gasteiger charge is -2.32. The summed E-state index contributed by atoms with van der Waals surface area (Å²) in [5.74, 6) is 1.01. The van der Waals surface area contributed by atoms with Crippen molar-refractivity contribution in [3.05, 3.63) is 77.6 Å². The number of nitrogens with one attached hydrogen (secondary N) is 2. The van der Waals surface area contributed by atoms with Gasteiger partial charge < -0.3 is 9.88 Å². The van der Waals surface area contributed by atoms with Crippen LogP contribution in [-0.2, 0) is 6.54 Å². The van der Waals surface area contributed by atoms with Gasteiger partial charge in [0.25, 0.3) is 0 Å². The van der Waals surface area contributed by atoms with Gasteiger partial charge in [0.1, 0.15) is 0 Å². The second-order valence-electron chi connectivity index (χ2n) is 11.8. The molecule has 2 saturated heterocycles. The van der Waals surface area contributed by atoms with Crippen molar-refractivity contribution < 1.29 is 0 Å². The Morgan fingerprint density at radius 1 is 0.923 bits per heavy atom. The lowest BCUT2D eigenvalue weighted by atomic mass is 9.87. The minimum absolute atomic E-state index is 0.401. The van der Waals surface area contributed by atoms with Crippen LogP contribution >= 0.6 is 0 Å². The third-order valence-corrected chi connectivity index (χ3v) is 8.94. The number of benzene rings is 2. The van der Waals surface area contributed by atoms with Gasteiger partial charge in [-0.15, -0.1) is 0 Å². The van der Waals surface area contributed by atoms with Gasteiger partial charge in [-0.25, -0.2) is 4.98 Å². The molecule has 0 spiro atoms. The van der Waals surface area contributed by atoms with Crippen LogP contribution < -0.4 is 4.90 Å². The minimum Gasteiger partial charge on any atom is -0.372 e. The van der Waals surface area contributed by atoms with Crippen LogP contribution in [0.4, 0.5) is 5.69 Å². The second kappa shape index (κ2) is 10.2. The lowest BCUT2D eigenvalue weighted by molar-refractivity contribution is 0.204. The fraction of sp³-hybridized carbons (Fsp3) is 0.394. The van der Waals surface area contributed by atoms with E-state index in [1.165, 1.54) is 77.7 Å². The molecule has 5 aromatic rings. The Bertz CT molecular complexity index is 1580. The maximum absolute atomic E-state index is 4.45. The van der Waals surface area contributed by atoms with Gasteiger partial charge in [0, 0.05) is 53.4 Å². The van der Waals surface area contributed by atoms with E-state index < -0.39 is 0 Å². The zero-order valence-electron chi connectivity index (χ0n) is 23.1. The highest BCUT2D eigenvalue weighted by Crippen LogP contribution is 2.40. The molecule has 6 nitrogen and oxygen atoms in total. The van der Waals surface area contributed by atoms with E-state index in [0.29, 0.717) is 11.8 Å². The summed E-state index contributed by atoms with van der Waals surface area (Å²) in [6, 6.07) is 18.5. The number of anilines is 1. The molecule has 2 aliphatic rings. The molecule has 0 aliphatic carbocycles. The summed E-state index contributed by atoms with van der Waals surface area (Å²) in [6.07, 6.45) is 8.83. The average Bonchev–Trinajstić information content (AvgIpc) is 3.73. The van der Waals surface area contributed by atoms with Crippen molar-refractivity contribution in [1.29, 1.82) is 0 Å². The first-order valence-corrected chi connectivity index (χ1v) is 14.6. The summed E-state index contributed by atoms with van der Waals surface area (Å²) in [7, 11) is 0. The number of aromatic nitrogens is 4. The van der Waals surface area contributed by atoms with Gasteiger partial charge in [-0.3, -0.25) is 10.00 Å². The van der Waals surface area contributed by atoms with Crippen LogP contribution in [0.3, 0.4) is 0 Å². The minimum atomic E-state index is 0.401. The molecule has 2 aromatic carbocycles. The molecule has 5 heterocycles. The Kier molecular flexibility index (Phi) is 6.36. The molecule has 0 amide bonds. The number of fused-ring (bicyclic) bond motifs is 2. The summed E-state index contributed by atoms with van der Waals surface area (Å²) in [5, 5.41) is 9.67. The van der Waals surface area contributed by atoms with E-state index >= 15 is 0 Å². The van der Waals surface area contributed by atoms with Crippen molar-refractivity contribution in [1.82, 2.24) is 25.1 Å². The fourth-order valence-electron chi connectivity index (χ4n) is 6.84. The van der Waals surface area contributed by atoms with Crippen LogP contribution in [0.1, 0.15) is 68.1 Å². The number of nitrogens with zero attached hydrogens (tertiary/aromatic N) is 4. The second-order valence-corrected chi connectivity index (χ2v) is 11.8. The van der Waals surface area contributed by atoms with Gasteiger partial charge in [-0.2, -0.15) is 5.10 Å². The molecule has 0 unspecified atom stereocenters. The molecular formula is C33H38N6. The molecule has 2 N–H and O–H groups in total. The van der Waals surface area contributed by atoms with Gasteiger partial charge in [0.05, 0.1) is 11.9 Å². The van der Waals surface area contributed by atoms with E-state index in [-0.39, 0.29) is 0 Å². The van der Waals surface area contributed by atoms with Gasteiger partial charge in [-0.05, 0) is 97.6 Å². The van der Waals surface area contributed by atoms with Crippen molar-refractivity contribution in [3.8, 4) is 11.3 Å². The maximum atomic E-state index is 4.45. The summed E-state index contributed by atoms with van der Waals surface area (Å²) in [5.41, 5.74) is 10.1. The van der Waals surface area contributed by atoms with Crippen molar-refractivity contribution in [3.63, 3.8) is 0 Å². The molecule has 200 valence electrons. The molecule has 7 rings (SSSR count). The highest BCUT2D eigenvalue weighted by atomic mass is 15.1. The summed E-state index contributed by atoms with van der Waals surface area (Å²) in [4.78, 5) is 13.3. The van der Waals surface area contributed by atoms with E-state index in [4.69, 9.17) is 0 Å². The van der Waals surface area contributed by atoms with Crippen LogP contribution in [0.5, 0.6) is 0 Å². The largest absolute Gasteiger partial charge is 0.372 e. The number of pyridine rings is 1. The maximum Gasteiger partial charge on any atom is 0.155 e. The van der Waals surface area contributed by atoms with E-state index in [0.717, 1.165) is 36.2 Å². The normalized spacial score (nSPS) is 17.3. The van der Waals surface area contributed by atoms with E-state index in [9.17, 15) is 0 Å². The zero-order valence-corrected chi connectivity index (χ0v) is 23.1. The van der Waals surface area contributed by atoms with Crippen molar-refractivity contribution in [2.45, 2.75) is 57.9 Å². The van der Waals surface area contributed by atoms with Crippen LogP contribution in [0.15, 0.2) is 60.9 Å². The molecular weight excluding hydrogens is 480 g/mol. The smallest absolute Gasteiger partial charge is 0.155 e. The first-order valence-electron chi connectivity index (χ1n) is 14.6. The van der Waals surface area contributed by atoms with E-state index in [1.54, 1.807) is 0 Å². The monoisotopic (exact) mass is 518 g/mol. The van der Waals surface area contributed by atoms with Crippen LogP contribution in [0.25, 0.3) is 33.2 Å². The number of hydrogen-bond acceptors (Lipinski definition) is 4. The zero-order chi connectivity index (χ0) is 26.3. The van der Waals surface area contributed by atoms with Crippen molar-refractivity contribution in [2.24, 2.45) is 0 Å². The summed E-state index contributed by atoms with van der Waals surface area (Å²) < 4.78 is 0. The molecule has 2 aliphatic heterocycles. The predicted molar refractivity (Wildman–Crippen MR) is 160 cm³/mol. The van der Waals surface area contributed by atoms with Crippen LogP contribution in [-0.4, -0.2) is 51.2 Å². The molecule has 3 aromatic heterocycles. The van der Waals surface area contributed by atoms with Crippen molar-refractivity contribution >= 4 is 27.6 Å². The van der Waals surface area contributed by atoms with Gasteiger partial charge >= 0.3 is 0 Å². The Labute approximate surface area is 230 Å². The Morgan fingerprint density at radius 3 is 2.49 bits per heavy atom. The Morgan fingerprint density at radius 2 is 1.72 bits per heavy atom. The third-order valence-electron chi connectivity index (χ3n) is 8.94. The van der Waals surface area contributed by atoms with E-state index in [2.05, 4.69) is 92.3 Å². The standard InChI is InChI=1S/C33H38N6/c1-22(2)31-28-19-25(7-10-30(28)36-32(31)27-11-14-34-33-29(27)20-35-37-33)24-12-17-38(18-13-24)21-23-5-8-26(9-6-23)39-15-3-4-16-39/h5-11,14,19-20,22,24,36H,3-4,12-13,15-18,21H2,1-2H3,(H,34,35,37). The quantitative estimate of drug-likeness (QED) is 0.249. The van der Waals surface area contributed by atoms with Crippen LogP contribution in [0.2, 0.25) is 0 Å². The molecule has 0 atom stereocenters. The molecule has 2 fully saturated rings. The molecule has 6 heteroatoms. The number of rotatable bonds is 6. The lowest BCUT2D eigenvalue weighted by Crippen LogP contribution is -2.32. The van der Waals surface area contributed by atoms with Crippen LogP contribution in [0, 0.1) is 0 Å². The Balaban J connectivity index is 1.08. The topological polar surface area (TPSA) is 63.8 Å². The highest BCUT2D eigenvalue weighted by Gasteiger charge is 2.24. The molecule has 0 saturated carbocycles. The van der Waals surface area contributed by atoms with E-state index in [1.807, 2.05) is 12.4 Å². The van der Waals surface area contributed by atoms with Gasteiger partial charge in [0.2, 0.25) is 0 Å². The molecule has 0 bridgehead atoms. The number of hydrogen-bond donors (Lipinski definition) is 2. The average molecular weight is 519 g/mol. The van der Waals surface area contributed by atoms with Gasteiger partial charge in [-0.1, -0.05) is 32.0 Å². The van der Waals surface area contributed by atoms with Crippen molar-refractivity contribution in [2.75, 3.05) is 31.1 Å². The predicted octanol–water partition coefficient (Wildman–Crippen LogP) is 7.21. The molecule has 39 heavy (non-hydrogen) atoms. The SMILES string of the molecule is CC(C)c1c(-c2ccnc3[nH]ncc23)[nH]c2ccc(C3CCN(Cc4ccc(N5CCCC5)cc4)CC3)cc12.